The van der Waals surface area contributed by atoms with Gasteiger partial charge < -0.3 is 10.2 Å². The fourth-order valence-electron chi connectivity index (χ4n) is 1.59. The minimum atomic E-state index is -0.321. The van der Waals surface area contributed by atoms with E-state index < -0.39 is 0 Å². The van der Waals surface area contributed by atoms with Crippen LogP contribution in [-0.4, -0.2) is 60.9 Å². The lowest BCUT2D eigenvalue weighted by Crippen LogP contribution is -2.41. The van der Waals surface area contributed by atoms with Crippen molar-refractivity contribution in [1.82, 2.24) is 15.1 Å². The van der Waals surface area contributed by atoms with Gasteiger partial charge in [0.05, 0.1) is 12.5 Å². The van der Waals surface area contributed by atoms with Crippen molar-refractivity contribution in [2.75, 3.05) is 27.2 Å². The number of rotatable bonds is 5. The molecule has 1 aliphatic rings. The van der Waals surface area contributed by atoms with E-state index in [0.717, 1.165) is 13.1 Å². The molecule has 92 valence electrons. The van der Waals surface area contributed by atoms with Crippen LogP contribution in [0.1, 0.15) is 20.3 Å². The number of nitrogens with one attached hydrogen (secondary N) is 1. The molecule has 0 spiro atoms. The number of nitrogens with zero attached hydrogens (tertiary/aromatic N) is 2. The molecule has 5 nitrogen and oxygen atoms in total. The maximum absolute atomic E-state index is 11.6. The Hall–Kier alpha value is -0.940. The summed E-state index contributed by atoms with van der Waals surface area (Å²) in [6.07, 6.45) is 0.292. The normalized spacial score (nSPS) is 21.6. The number of carbonyl (C=O) groups is 2. The fourth-order valence-corrected chi connectivity index (χ4v) is 1.59. The van der Waals surface area contributed by atoms with Gasteiger partial charge in [0.15, 0.2) is 0 Å². The quantitative estimate of drug-likeness (QED) is 0.654. The van der Waals surface area contributed by atoms with Gasteiger partial charge in [0, 0.05) is 26.2 Å². The number of hydrogen-bond acceptors (Lipinski definition) is 4. The summed E-state index contributed by atoms with van der Waals surface area (Å²) < 4.78 is 0. The zero-order valence-corrected chi connectivity index (χ0v) is 10.5. The summed E-state index contributed by atoms with van der Waals surface area (Å²) in [7, 11) is 3.58. The lowest BCUT2D eigenvalue weighted by Gasteiger charge is -2.21. The average molecular weight is 227 g/mol. The predicted octanol–water partition coefficient (Wildman–Crippen LogP) is -0.326. The van der Waals surface area contributed by atoms with E-state index in [-0.39, 0.29) is 17.9 Å². The maximum atomic E-state index is 11.6. The van der Waals surface area contributed by atoms with Crippen LogP contribution in [0.25, 0.3) is 0 Å². The van der Waals surface area contributed by atoms with Crippen LogP contribution in [0.2, 0.25) is 0 Å². The van der Waals surface area contributed by atoms with Crippen molar-refractivity contribution in [2.24, 2.45) is 0 Å². The molecule has 1 heterocycles. The van der Waals surface area contributed by atoms with E-state index in [1.165, 1.54) is 11.9 Å². The summed E-state index contributed by atoms with van der Waals surface area (Å²) in [6.45, 7) is 5.85. The van der Waals surface area contributed by atoms with Crippen LogP contribution in [0.15, 0.2) is 0 Å². The zero-order chi connectivity index (χ0) is 12.3. The molecule has 1 aliphatic heterocycles. The number of imide groups is 1. The highest BCUT2D eigenvalue weighted by Crippen LogP contribution is 2.09. The fraction of sp³-hybridized carbons (Fsp3) is 0.818. The van der Waals surface area contributed by atoms with E-state index in [1.54, 1.807) is 0 Å². The molecule has 0 bridgehead atoms. The number of hydrogen-bond donors (Lipinski definition) is 1. The molecule has 1 saturated heterocycles. The van der Waals surface area contributed by atoms with E-state index >= 15 is 0 Å². The lowest BCUT2D eigenvalue weighted by atomic mass is 10.2. The second-order valence-corrected chi connectivity index (χ2v) is 4.58. The van der Waals surface area contributed by atoms with Gasteiger partial charge in [-0.05, 0) is 20.9 Å². The number of likely N-dealkylation sites (N-methyl/N-ethyl adjacent to an activating group) is 2. The van der Waals surface area contributed by atoms with Crippen LogP contribution in [-0.2, 0) is 9.59 Å². The minimum Gasteiger partial charge on any atom is -0.304 e. The number of amides is 2. The zero-order valence-electron chi connectivity index (χ0n) is 10.5. The van der Waals surface area contributed by atoms with Gasteiger partial charge in [-0.1, -0.05) is 0 Å². The van der Waals surface area contributed by atoms with Gasteiger partial charge in [-0.2, -0.15) is 0 Å². The topological polar surface area (TPSA) is 52.7 Å². The highest BCUT2D eigenvalue weighted by molar-refractivity contribution is 6.05. The second-order valence-electron chi connectivity index (χ2n) is 4.58. The van der Waals surface area contributed by atoms with Crippen molar-refractivity contribution in [3.63, 3.8) is 0 Å². The largest absolute Gasteiger partial charge is 0.304 e. The Balaban J connectivity index is 2.29. The molecule has 0 aliphatic carbocycles. The summed E-state index contributed by atoms with van der Waals surface area (Å²) in [5.74, 6) is -0.211. The minimum absolute atomic E-state index is 0.0975. The maximum Gasteiger partial charge on any atom is 0.246 e. The van der Waals surface area contributed by atoms with Gasteiger partial charge in [-0.3, -0.25) is 14.5 Å². The van der Waals surface area contributed by atoms with Crippen LogP contribution in [0.3, 0.4) is 0 Å². The third-order valence-corrected chi connectivity index (χ3v) is 3.12. The van der Waals surface area contributed by atoms with Gasteiger partial charge >= 0.3 is 0 Å². The first kappa shape index (κ1) is 13.1. The van der Waals surface area contributed by atoms with E-state index in [0.29, 0.717) is 12.5 Å². The van der Waals surface area contributed by atoms with Crippen LogP contribution in [0, 0.1) is 0 Å². The lowest BCUT2D eigenvalue weighted by molar-refractivity contribution is -0.137. The van der Waals surface area contributed by atoms with Crippen molar-refractivity contribution >= 4 is 11.8 Å². The monoisotopic (exact) mass is 227 g/mol. The Morgan fingerprint density at radius 1 is 1.50 bits per heavy atom. The molecule has 0 aromatic carbocycles. The van der Waals surface area contributed by atoms with Gasteiger partial charge in [0.1, 0.15) is 0 Å². The Morgan fingerprint density at radius 3 is 2.56 bits per heavy atom. The Bertz CT molecular complexity index is 278. The van der Waals surface area contributed by atoms with Gasteiger partial charge in [-0.25, -0.2) is 0 Å². The Kier molecular flexibility index (Phi) is 4.44. The summed E-state index contributed by atoms with van der Waals surface area (Å²) in [5.41, 5.74) is 0. The van der Waals surface area contributed by atoms with Crippen LogP contribution < -0.4 is 5.32 Å². The average Bonchev–Trinajstić information content (AvgIpc) is 2.46. The molecule has 0 aromatic rings. The third-order valence-electron chi connectivity index (χ3n) is 3.12. The first-order valence-corrected chi connectivity index (χ1v) is 5.67. The van der Waals surface area contributed by atoms with E-state index in [4.69, 9.17) is 0 Å². The van der Waals surface area contributed by atoms with E-state index in [1.807, 2.05) is 7.05 Å². The molecule has 0 saturated carbocycles. The molecular formula is C11H21N3O2. The summed E-state index contributed by atoms with van der Waals surface area (Å²) in [5, 5.41) is 3.12. The number of likely N-dealkylation sites (tertiary alicyclic amines) is 1. The smallest absolute Gasteiger partial charge is 0.246 e. The van der Waals surface area contributed by atoms with Crippen molar-refractivity contribution < 1.29 is 9.59 Å². The second kappa shape index (κ2) is 5.41. The van der Waals surface area contributed by atoms with Crippen molar-refractivity contribution in [2.45, 2.75) is 32.4 Å². The molecular weight excluding hydrogens is 206 g/mol. The van der Waals surface area contributed by atoms with Crippen molar-refractivity contribution in [1.29, 1.82) is 0 Å². The van der Waals surface area contributed by atoms with Crippen LogP contribution >= 0.6 is 0 Å². The highest BCUT2D eigenvalue weighted by Gasteiger charge is 2.35. The summed E-state index contributed by atoms with van der Waals surface area (Å²) >= 11 is 0. The molecule has 1 unspecified atom stereocenters. The standard InChI is InChI=1S/C11H21N3O2/c1-8(2)13(3)6-5-12-9-7-10(15)14(4)11(9)16/h8-9,12H,5-7H2,1-4H3. The Labute approximate surface area is 96.8 Å². The highest BCUT2D eigenvalue weighted by atomic mass is 16.2. The van der Waals surface area contributed by atoms with E-state index in [2.05, 4.69) is 24.1 Å². The molecule has 1 N–H and O–H groups in total. The summed E-state index contributed by atoms with van der Waals surface area (Å²) in [4.78, 5) is 26.2. The predicted molar refractivity (Wildman–Crippen MR) is 62.0 cm³/mol. The van der Waals surface area contributed by atoms with E-state index in [9.17, 15) is 9.59 Å². The van der Waals surface area contributed by atoms with Gasteiger partial charge in [0.25, 0.3) is 0 Å². The molecule has 2 amide bonds. The number of carbonyl (C=O) groups excluding carboxylic acids is 2. The summed E-state index contributed by atoms with van der Waals surface area (Å²) in [6, 6.07) is 0.170. The molecule has 1 atom stereocenters. The molecule has 16 heavy (non-hydrogen) atoms. The first-order valence-electron chi connectivity index (χ1n) is 5.67. The Morgan fingerprint density at radius 2 is 2.12 bits per heavy atom. The van der Waals surface area contributed by atoms with Crippen molar-refractivity contribution in [3.8, 4) is 0 Å². The van der Waals surface area contributed by atoms with Crippen LogP contribution in [0.4, 0.5) is 0 Å². The molecule has 0 radical (unpaired) electrons. The SMILES string of the molecule is CC(C)N(C)CCNC1CC(=O)N(C)C1=O. The first-order chi connectivity index (χ1) is 7.43. The van der Waals surface area contributed by atoms with Crippen molar-refractivity contribution in [3.05, 3.63) is 0 Å². The molecule has 0 aromatic heterocycles. The molecule has 1 rings (SSSR count). The van der Waals surface area contributed by atoms with Gasteiger partial charge in [0.2, 0.25) is 11.8 Å². The van der Waals surface area contributed by atoms with Gasteiger partial charge in [-0.15, -0.1) is 0 Å². The van der Waals surface area contributed by atoms with Crippen LogP contribution in [0.5, 0.6) is 0 Å². The molecule has 5 heteroatoms. The third kappa shape index (κ3) is 3.02. The molecule has 1 fully saturated rings.